The van der Waals surface area contributed by atoms with Gasteiger partial charge in [-0.1, -0.05) is 0 Å². The molecule has 1 nitrogen and oxygen atoms in total. The van der Waals surface area contributed by atoms with Gasteiger partial charge in [-0.15, -0.1) is 0 Å². The molecule has 2 heteroatoms. The zero-order valence-corrected chi connectivity index (χ0v) is 5.65. The third kappa shape index (κ3) is 5.89. The molecule has 50 valence electrons. The number of hydrogen-bond donors (Lipinski definition) is 0. The summed E-state index contributed by atoms with van der Waals surface area (Å²) < 4.78 is 11.4. The molecule has 0 aromatic carbocycles. The molecule has 0 aromatic heterocycles. The molecule has 0 unspecified atom stereocenters. The largest absolute Gasteiger partial charge is 0.309 e. The fourth-order valence-corrected chi connectivity index (χ4v) is 0.523. The highest BCUT2D eigenvalue weighted by molar-refractivity contribution is 4.42. The van der Waals surface area contributed by atoms with Crippen molar-refractivity contribution in [2.24, 2.45) is 0 Å². The maximum Gasteiger partial charge on any atom is 0.0894 e. The molecule has 0 saturated carbocycles. The van der Waals surface area contributed by atoms with Crippen LogP contribution >= 0.6 is 0 Å². The molecule has 0 spiro atoms. The second-order valence-electron chi connectivity index (χ2n) is 2.20. The van der Waals surface area contributed by atoms with E-state index in [1.54, 1.807) is 0 Å². The van der Waals surface area contributed by atoms with E-state index in [1.165, 1.54) is 0 Å². The molecule has 0 aromatic rings. The Kier molecular flexibility index (Phi) is 4.97. The SMILES string of the molecule is CN(C)CCCCF. The minimum absolute atomic E-state index is 0.173. The number of unbranched alkanes of at least 4 members (excludes halogenated alkanes) is 1. The van der Waals surface area contributed by atoms with E-state index < -0.39 is 0 Å². The summed E-state index contributed by atoms with van der Waals surface area (Å²) in [5.41, 5.74) is 0. The Morgan fingerprint density at radius 3 is 2.25 bits per heavy atom. The van der Waals surface area contributed by atoms with Gasteiger partial charge >= 0.3 is 0 Å². The minimum Gasteiger partial charge on any atom is -0.309 e. The summed E-state index contributed by atoms with van der Waals surface area (Å²) in [7, 11) is 4.00. The first-order valence-electron chi connectivity index (χ1n) is 2.98. The minimum atomic E-state index is -0.173. The van der Waals surface area contributed by atoms with E-state index in [0.29, 0.717) is 6.42 Å². The lowest BCUT2D eigenvalue weighted by molar-refractivity contribution is 0.372. The van der Waals surface area contributed by atoms with Crippen molar-refractivity contribution in [2.75, 3.05) is 27.3 Å². The van der Waals surface area contributed by atoms with Crippen molar-refractivity contribution in [3.8, 4) is 0 Å². The molecular weight excluding hydrogens is 105 g/mol. The van der Waals surface area contributed by atoms with Gasteiger partial charge in [-0.25, -0.2) is 0 Å². The number of rotatable bonds is 4. The first-order chi connectivity index (χ1) is 3.77. The van der Waals surface area contributed by atoms with Crippen molar-refractivity contribution in [3.05, 3.63) is 0 Å². The number of halogens is 1. The molecule has 0 amide bonds. The summed E-state index contributed by atoms with van der Waals surface area (Å²) in [6, 6.07) is 0. The maximum absolute atomic E-state index is 11.4. The molecule has 0 atom stereocenters. The number of nitrogens with zero attached hydrogens (tertiary/aromatic N) is 1. The maximum atomic E-state index is 11.4. The quantitative estimate of drug-likeness (QED) is 0.504. The van der Waals surface area contributed by atoms with Crippen molar-refractivity contribution in [3.63, 3.8) is 0 Å². The van der Waals surface area contributed by atoms with E-state index in [1.807, 2.05) is 14.1 Å². The Morgan fingerprint density at radius 1 is 1.25 bits per heavy atom. The molecule has 0 radical (unpaired) electrons. The lowest BCUT2D eigenvalue weighted by Crippen LogP contribution is -2.12. The van der Waals surface area contributed by atoms with Crippen molar-refractivity contribution in [1.29, 1.82) is 0 Å². The predicted molar refractivity (Wildman–Crippen MR) is 33.8 cm³/mol. The molecule has 8 heavy (non-hydrogen) atoms. The van der Waals surface area contributed by atoms with Crippen LogP contribution in [0.4, 0.5) is 4.39 Å². The van der Waals surface area contributed by atoms with E-state index in [9.17, 15) is 4.39 Å². The zero-order chi connectivity index (χ0) is 6.41. The molecule has 0 fully saturated rings. The van der Waals surface area contributed by atoms with Gasteiger partial charge in [0, 0.05) is 0 Å². The second-order valence-corrected chi connectivity index (χ2v) is 2.20. The van der Waals surface area contributed by atoms with Gasteiger partial charge in [0.25, 0.3) is 0 Å². The predicted octanol–water partition coefficient (Wildman–Crippen LogP) is 1.30. The molecule has 0 aliphatic rings. The van der Waals surface area contributed by atoms with Crippen LogP contribution in [0, 0.1) is 0 Å². The van der Waals surface area contributed by atoms with Gasteiger partial charge in [0.15, 0.2) is 0 Å². The van der Waals surface area contributed by atoms with Crippen LogP contribution in [0.15, 0.2) is 0 Å². The summed E-state index contributed by atoms with van der Waals surface area (Å²) in [5.74, 6) is 0. The van der Waals surface area contributed by atoms with E-state index in [0.717, 1.165) is 13.0 Å². The van der Waals surface area contributed by atoms with Crippen LogP contribution < -0.4 is 0 Å². The van der Waals surface area contributed by atoms with Crippen LogP contribution in [0.25, 0.3) is 0 Å². The highest BCUT2D eigenvalue weighted by Gasteiger charge is 1.87. The fourth-order valence-electron chi connectivity index (χ4n) is 0.523. The van der Waals surface area contributed by atoms with E-state index in [-0.39, 0.29) is 6.67 Å². The summed E-state index contributed by atoms with van der Waals surface area (Å²) in [6.07, 6.45) is 1.68. The van der Waals surface area contributed by atoms with Gasteiger partial charge in [-0.3, -0.25) is 4.39 Å². The summed E-state index contributed by atoms with van der Waals surface area (Å²) in [6.45, 7) is 0.831. The Hall–Kier alpha value is -0.110. The third-order valence-electron chi connectivity index (χ3n) is 0.989. The Bertz CT molecular complexity index is 45.8. The lowest BCUT2D eigenvalue weighted by Gasteiger charge is -2.06. The first kappa shape index (κ1) is 7.89. The van der Waals surface area contributed by atoms with E-state index in [4.69, 9.17) is 0 Å². The van der Waals surface area contributed by atoms with E-state index in [2.05, 4.69) is 4.90 Å². The topological polar surface area (TPSA) is 3.24 Å². The van der Waals surface area contributed by atoms with Crippen molar-refractivity contribution < 1.29 is 4.39 Å². The molecule has 0 bridgehead atoms. The van der Waals surface area contributed by atoms with Crippen molar-refractivity contribution in [1.82, 2.24) is 4.90 Å². The fraction of sp³-hybridized carbons (Fsp3) is 1.00. The Labute approximate surface area is 50.5 Å². The van der Waals surface area contributed by atoms with Gasteiger partial charge < -0.3 is 4.90 Å². The van der Waals surface area contributed by atoms with Crippen LogP contribution in [0.3, 0.4) is 0 Å². The molecule has 0 rings (SSSR count). The summed E-state index contributed by atoms with van der Waals surface area (Å²) in [4.78, 5) is 2.07. The zero-order valence-electron chi connectivity index (χ0n) is 5.65. The van der Waals surface area contributed by atoms with Gasteiger partial charge in [0.05, 0.1) is 6.67 Å². The highest BCUT2D eigenvalue weighted by atomic mass is 19.1. The average Bonchev–Trinajstić information content (AvgIpc) is 1.66. The van der Waals surface area contributed by atoms with Gasteiger partial charge in [-0.05, 0) is 33.5 Å². The number of alkyl halides is 1. The highest BCUT2D eigenvalue weighted by Crippen LogP contribution is 1.89. The smallest absolute Gasteiger partial charge is 0.0894 e. The van der Waals surface area contributed by atoms with E-state index >= 15 is 0 Å². The molecule has 0 saturated heterocycles. The summed E-state index contributed by atoms with van der Waals surface area (Å²) in [5, 5.41) is 0. The van der Waals surface area contributed by atoms with Gasteiger partial charge in [-0.2, -0.15) is 0 Å². The first-order valence-corrected chi connectivity index (χ1v) is 2.98. The van der Waals surface area contributed by atoms with Crippen molar-refractivity contribution in [2.45, 2.75) is 12.8 Å². The standard InChI is InChI=1S/C6H14FN/c1-8(2)6-4-3-5-7/h3-6H2,1-2H3. The van der Waals surface area contributed by atoms with Crippen LogP contribution in [0.2, 0.25) is 0 Å². The van der Waals surface area contributed by atoms with Gasteiger partial charge in [0.1, 0.15) is 0 Å². The molecule has 0 aliphatic heterocycles. The normalized spacial score (nSPS) is 10.5. The third-order valence-corrected chi connectivity index (χ3v) is 0.989. The van der Waals surface area contributed by atoms with Gasteiger partial charge in [0.2, 0.25) is 0 Å². The molecule has 0 aliphatic carbocycles. The van der Waals surface area contributed by atoms with Crippen LogP contribution in [0.1, 0.15) is 12.8 Å². The molecular formula is C6H14FN. The lowest BCUT2D eigenvalue weighted by atomic mass is 10.3. The van der Waals surface area contributed by atoms with Crippen LogP contribution in [-0.4, -0.2) is 32.2 Å². The number of hydrogen-bond acceptors (Lipinski definition) is 1. The second kappa shape index (κ2) is 5.04. The monoisotopic (exact) mass is 119 g/mol. The Balaban J connectivity index is 2.72. The molecule has 0 heterocycles. The van der Waals surface area contributed by atoms with Crippen LogP contribution in [0.5, 0.6) is 0 Å². The van der Waals surface area contributed by atoms with Crippen molar-refractivity contribution >= 4 is 0 Å². The Morgan fingerprint density at radius 2 is 1.88 bits per heavy atom. The van der Waals surface area contributed by atoms with Crippen LogP contribution in [-0.2, 0) is 0 Å². The summed E-state index contributed by atoms with van der Waals surface area (Å²) >= 11 is 0. The average molecular weight is 119 g/mol. The molecule has 0 N–H and O–H groups in total.